The van der Waals surface area contributed by atoms with E-state index in [0.717, 1.165) is 0 Å². The lowest BCUT2D eigenvalue weighted by Gasteiger charge is -2.07. The summed E-state index contributed by atoms with van der Waals surface area (Å²) >= 11 is 6.18. The molecule has 0 fully saturated rings. The van der Waals surface area contributed by atoms with E-state index < -0.39 is 0 Å². The van der Waals surface area contributed by atoms with Crippen molar-refractivity contribution in [1.29, 1.82) is 0 Å². The lowest BCUT2D eigenvalue weighted by molar-refractivity contribution is -0.118. The third kappa shape index (κ3) is 4.30. The van der Waals surface area contributed by atoms with E-state index in [4.69, 9.17) is 21.1 Å². The molecular weight excluding hydrogens is 392 g/mol. The zero-order chi connectivity index (χ0) is 20.2. The van der Waals surface area contributed by atoms with Crippen molar-refractivity contribution in [2.24, 2.45) is 0 Å². The van der Waals surface area contributed by atoms with Gasteiger partial charge in [-0.1, -0.05) is 29.8 Å². The highest BCUT2D eigenvalue weighted by atomic mass is 35.5. The molecule has 0 aliphatic rings. The van der Waals surface area contributed by atoms with Gasteiger partial charge in [-0.15, -0.1) is 10.2 Å². The first kappa shape index (κ1) is 18.8. The molecule has 29 heavy (non-hydrogen) atoms. The van der Waals surface area contributed by atoms with Crippen molar-refractivity contribution in [1.82, 2.24) is 15.0 Å². The molecule has 8 heteroatoms. The van der Waals surface area contributed by atoms with Crippen LogP contribution in [0.4, 0.5) is 5.69 Å². The van der Waals surface area contributed by atoms with Crippen LogP contribution in [0.2, 0.25) is 5.02 Å². The maximum absolute atomic E-state index is 12.1. The van der Waals surface area contributed by atoms with Crippen LogP contribution >= 0.6 is 11.6 Å². The first-order valence-corrected chi connectivity index (χ1v) is 9.19. The first-order valence-electron chi connectivity index (χ1n) is 8.81. The summed E-state index contributed by atoms with van der Waals surface area (Å²) in [5.74, 6) is 0.955. The number of nitrogens with one attached hydrogen (secondary N) is 1. The highest BCUT2D eigenvalue weighted by Gasteiger charge is 2.10. The summed E-state index contributed by atoms with van der Waals surface area (Å²) in [7, 11) is 1.56. The molecule has 0 unspecified atom stereocenters. The fourth-order valence-electron chi connectivity index (χ4n) is 2.75. The Morgan fingerprint density at radius 3 is 2.59 bits per heavy atom. The molecule has 7 nitrogen and oxygen atoms in total. The van der Waals surface area contributed by atoms with E-state index in [-0.39, 0.29) is 12.5 Å². The second kappa shape index (κ2) is 8.20. The van der Waals surface area contributed by atoms with Crippen molar-refractivity contribution in [3.8, 4) is 17.2 Å². The number of hydrogen-bond donors (Lipinski definition) is 1. The molecule has 0 saturated heterocycles. The molecule has 0 aliphatic heterocycles. The van der Waals surface area contributed by atoms with Gasteiger partial charge in [0.1, 0.15) is 22.5 Å². The summed E-state index contributed by atoms with van der Waals surface area (Å²) in [5, 5.41) is 12.2. The summed E-state index contributed by atoms with van der Waals surface area (Å²) in [6, 6.07) is 19.8. The van der Waals surface area contributed by atoms with Crippen LogP contribution in [-0.4, -0.2) is 34.6 Å². The molecule has 4 rings (SSSR count). The first-order chi connectivity index (χ1) is 14.1. The third-order valence-corrected chi connectivity index (χ3v) is 4.44. The minimum atomic E-state index is -0.262. The van der Waals surface area contributed by atoms with Crippen molar-refractivity contribution in [2.45, 2.75) is 0 Å². The number of hydrogen-bond acceptors (Lipinski definition) is 5. The second-order valence-electron chi connectivity index (χ2n) is 6.16. The van der Waals surface area contributed by atoms with Crippen LogP contribution in [0.1, 0.15) is 0 Å². The molecule has 0 bridgehead atoms. The molecular formula is C21H17ClN4O3. The maximum atomic E-state index is 12.1. The highest BCUT2D eigenvalue weighted by Crippen LogP contribution is 2.26. The number of carbonyl (C=O) groups excluding carboxylic acids is 1. The van der Waals surface area contributed by atoms with E-state index in [9.17, 15) is 4.79 Å². The van der Waals surface area contributed by atoms with Crippen LogP contribution in [-0.2, 0) is 4.79 Å². The monoisotopic (exact) mass is 408 g/mol. The number of halogens is 1. The molecule has 0 atom stereocenters. The Labute approximate surface area is 171 Å². The summed E-state index contributed by atoms with van der Waals surface area (Å²) < 4.78 is 10.6. The Morgan fingerprint density at radius 1 is 1.03 bits per heavy atom. The number of aromatic nitrogens is 3. The molecule has 1 N–H and O–H groups in total. The number of nitrogens with zero attached hydrogens (tertiary/aromatic N) is 3. The molecule has 0 saturated carbocycles. The third-order valence-electron chi connectivity index (χ3n) is 4.14. The van der Waals surface area contributed by atoms with Crippen LogP contribution in [0.25, 0.3) is 16.7 Å². The summed E-state index contributed by atoms with van der Waals surface area (Å²) in [6.45, 7) is -0.0842. The molecule has 1 aromatic heterocycles. The lowest BCUT2D eigenvalue weighted by atomic mass is 10.3. The Balaban J connectivity index is 1.48. The zero-order valence-electron chi connectivity index (χ0n) is 15.5. The van der Waals surface area contributed by atoms with Crippen molar-refractivity contribution in [3.63, 3.8) is 0 Å². The highest BCUT2D eigenvalue weighted by molar-refractivity contribution is 6.32. The number of anilines is 1. The zero-order valence-corrected chi connectivity index (χ0v) is 16.3. The molecule has 146 valence electrons. The van der Waals surface area contributed by atoms with Crippen molar-refractivity contribution in [2.75, 3.05) is 19.0 Å². The molecule has 4 aromatic rings. The van der Waals surface area contributed by atoms with E-state index in [1.807, 2.05) is 24.3 Å². The van der Waals surface area contributed by atoms with Gasteiger partial charge in [0.15, 0.2) is 6.61 Å². The summed E-state index contributed by atoms with van der Waals surface area (Å²) in [6.07, 6.45) is 0. The van der Waals surface area contributed by atoms with E-state index >= 15 is 0 Å². The van der Waals surface area contributed by atoms with Crippen LogP contribution in [0.15, 0.2) is 66.7 Å². The largest absolute Gasteiger partial charge is 0.495 e. The number of fused-ring (bicyclic) bond motifs is 1. The number of methoxy groups -OCH3 is 1. The molecule has 0 aliphatic carbocycles. The normalized spacial score (nSPS) is 10.7. The molecule has 0 radical (unpaired) electrons. The van der Waals surface area contributed by atoms with Crippen LogP contribution in [0, 0.1) is 0 Å². The Bertz CT molecular complexity index is 1160. The fourth-order valence-corrected chi connectivity index (χ4v) is 3.00. The average molecular weight is 409 g/mol. The number of ether oxygens (including phenoxy) is 2. The van der Waals surface area contributed by atoms with Gasteiger partial charge in [-0.05, 0) is 48.5 Å². The fraction of sp³-hybridized carbons (Fsp3) is 0.0952. The van der Waals surface area contributed by atoms with Crippen LogP contribution in [0.5, 0.6) is 11.5 Å². The smallest absolute Gasteiger partial charge is 0.262 e. The molecule has 0 spiro atoms. The molecule has 1 heterocycles. The number of para-hydroxylation sites is 1. The number of rotatable bonds is 6. The Kier molecular flexibility index (Phi) is 5.31. The van der Waals surface area contributed by atoms with Gasteiger partial charge in [-0.25, -0.2) is 0 Å². The van der Waals surface area contributed by atoms with Gasteiger partial charge in [-0.2, -0.15) is 4.80 Å². The van der Waals surface area contributed by atoms with Gasteiger partial charge < -0.3 is 14.8 Å². The van der Waals surface area contributed by atoms with Gasteiger partial charge in [0.05, 0.1) is 17.8 Å². The number of benzene rings is 3. The SMILES string of the molecule is COc1ccc(-n2nc3ccc(NC(=O)COc4ccccc4)cc3n2)cc1Cl. The van der Waals surface area contributed by atoms with Gasteiger partial charge >= 0.3 is 0 Å². The van der Waals surface area contributed by atoms with E-state index in [2.05, 4.69) is 15.5 Å². The minimum absolute atomic E-state index is 0.0842. The van der Waals surface area contributed by atoms with Crippen LogP contribution < -0.4 is 14.8 Å². The standard InChI is InChI=1S/C21H17ClN4O3/c1-28-20-10-8-15(12-17(20)22)26-24-18-9-7-14(11-19(18)25-26)23-21(27)13-29-16-5-3-2-4-6-16/h2-12H,13H2,1H3,(H,23,27). The van der Waals surface area contributed by atoms with Crippen molar-refractivity contribution in [3.05, 3.63) is 71.8 Å². The van der Waals surface area contributed by atoms with Gasteiger partial charge in [0.25, 0.3) is 5.91 Å². The van der Waals surface area contributed by atoms with Gasteiger partial charge in [0, 0.05) is 5.69 Å². The number of carbonyl (C=O) groups is 1. The minimum Gasteiger partial charge on any atom is -0.495 e. The summed E-state index contributed by atoms with van der Waals surface area (Å²) in [5.41, 5.74) is 2.64. The second-order valence-corrected chi connectivity index (χ2v) is 6.57. The Morgan fingerprint density at radius 2 is 1.83 bits per heavy atom. The van der Waals surface area contributed by atoms with E-state index in [0.29, 0.717) is 38.9 Å². The summed E-state index contributed by atoms with van der Waals surface area (Å²) in [4.78, 5) is 13.6. The topological polar surface area (TPSA) is 78.3 Å². The molecule has 1 amide bonds. The quantitative estimate of drug-likeness (QED) is 0.519. The maximum Gasteiger partial charge on any atom is 0.262 e. The Hall–Kier alpha value is -3.58. The van der Waals surface area contributed by atoms with Gasteiger partial charge in [0.2, 0.25) is 0 Å². The predicted molar refractivity (Wildman–Crippen MR) is 111 cm³/mol. The van der Waals surface area contributed by atoms with E-state index in [1.165, 1.54) is 4.80 Å². The van der Waals surface area contributed by atoms with Crippen molar-refractivity contribution < 1.29 is 14.3 Å². The van der Waals surface area contributed by atoms with Crippen molar-refractivity contribution >= 4 is 34.2 Å². The average Bonchev–Trinajstić information content (AvgIpc) is 3.16. The lowest BCUT2D eigenvalue weighted by Crippen LogP contribution is -2.20. The van der Waals surface area contributed by atoms with Gasteiger partial charge in [-0.3, -0.25) is 4.79 Å². The van der Waals surface area contributed by atoms with E-state index in [1.54, 1.807) is 49.6 Å². The molecule has 3 aromatic carbocycles. The predicted octanol–water partition coefficient (Wildman–Crippen LogP) is 4.10. The number of amides is 1. The van der Waals surface area contributed by atoms with Crippen LogP contribution in [0.3, 0.4) is 0 Å².